The van der Waals surface area contributed by atoms with Crippen molar-refractivity contribution in [2.75, 3.05) is 11.4 Å². The number of hydrogen-bond donors (Lipinski definition) is 0. The molecule has 3 nitrogen and oxygen atoms in total. The van der Waals surface area contributed by atoms with Crippen LogP contribution in [0.25, 0.3) is 0 Å². The van der Waals surface area contributed by atoms with Crippen molar-refractivity contribution in [1.29, 1.82) is 5.26 Å². The molecule has 0 amide bonds. The number of nitrogens with zero attached hydrogens (tertiary/aromatic N) is 3. The summed E-state index contributed by atoms with van der Waals surface area (Å²) in [5.41, 5.74) is 2.05. The number of rotatable bonds is 5. The van der Waals surface area contributed by atoms with E-state index in [0.29, 0.717) is 11.6 Å². The first-order chi connectivity index (χ1) is 10.9. The average molecular weight is 291 g/mol. The topological polar surface area (TPSA) is 39.9 Å². The molecular formula is C19H21N3. The first kappa shape index (κ1) is 14.6. The van der Waals surface area contributed by atoms with Gasteiger partial charge in [0, 0.05) is 18.8 Å². The zero-order valence-electron chi connectivity index (χ0n) is 12.8. The van der Waals surface area contributed by atoms with Crippen molar-refractivity contribution < 1.29 is 0 Å². The molecule has 0 N–H and O–H groups in total. The van der Waals surface area contributed by atoms with Gasteiger partial charge in [-0.2, -0.15) is 5.26 Å². The Balaban J connectivity index is 1.57. The van der Waals surface area contributed by atoms with E-state index in [1.165, 1.54) is 31.2 Å². The Morgan fingerprint density at radius 1 is 1.18 bits per heavy atom. The first-order valence-corrected chi connectivity index (χ1v) is 8.03. The summed E-state index contributed by atoms with van der Waals surface area (Å²) in [5.74, 6) is 1.02. The predicted molar refractivity (Wildman–Crippen MR) is 88.7 cm³/mol. The maximum atomic E-state index is 8.87. The van der Waals surface area contributed by atoms with Gasteiger partial charge in [-0.15, -0.1) is 0 Å². The van der Waals surface area contributed by atoms with E-state index in [4.69, 9.17) is 5.26 Å². The summed E-state index contributed by atoms with van der Waals surface area (Å²) in [6, 6.07) is 17.2. The van der Waals surface area contributed by atoms with Crippen LogP contribution in [0.3, 0.4) is 0 Å². The second kappa shape index (κ2) is 7.09. The molecule has 2 aromatic rings. The summed E-state index contributed by atoms with van der Waals surface area (Å²) in [6.07, 6.45) is 7.72. The molecule has 0 bridgehead atoms. The third-order valence-electron chi connectivity index (χ3n) is 4.39. The average Bonchev–Trinajstić information content (AvgIpc) is 3.04. The summed E-state index contributed by atoms with van der Waals surface area (Å²) in [4.78, 5) is 6.86. The van der Waals surface area contributed by atoms with Gasteiger partial charge in [0.25, 0.3) is 0 Å². The lowest BCUT2D eigenvalue weighted by Crippen LogP contribution is -2.29. The van der Waals surface area contributed by atoms with Crippen molar-refractivity contribution in [3.63, 3.8) is 0 Å². The zero-order chi connectivity index (χ0) is 15.2. The number of anilines is 1. The van der Waals surface area contributed by atoms with Gasteiger partial charge in [0.05, 0.1) is 5.56 Å². The number of hydrogen-bond acceptors (Lipinski definition) is 3. The quantitative estimate of drug-likeness (QED) is 0.837. The number of nitriles is 1. The van der Waals surface area contributed by atoms with Crippen LogP contribution in [0, 0.1) is 11.3 Å². The van der Waals surface area contributed by atoms with E-state index in [1.54, 1.807) is 6.20 Å². The molecule has 1 aromatic carbocycles. The van der Waals surface area contributed by atoms with E-state index in [0.717, 1.165) is 18.8 Å². The Hall–Kier alpha value is -2.34. The van der Waals surface area contributed by atoms with Gasteiger partial charge < -0.3 is 4.90 Å². The molecule has 1 aromatic heterocycles. The van der Waals surface area contributed by atoms with E-state index in [-0.39, 0.29) is 0 Å². The van der Waals surface area contributed by atoms with Crippen molar-refractivity contribution in [1.82, 2.24) is 4.98 Å². The van der Waals surface area contributed by atoms with Crippen molar-refractivity contribution in [3.8, 4) is 6.07 Å². The fraction of sp³-hybridized carbons (Fsp3) is 0.368. The molecule has 3 heteroatoms. The lowest BCUT2D eigenvalue weighted by molar-refractivity contribution is 0.577. The SMILES string of the molecule is N#Cc1ccc(N2CCCC2CCCc2ccccc2)nc1. The molecule has 0 aliphatic carbocycles. The second-order valence-electron chi connectivity index (χ2n) is 5.88. The standard InChI is InChI=1S/C19H21N3/c20-14-17-11-12-19(21-15-17)22-13-5-10-18(22)9-4-8-16-6-2-1-3-7-16/h1-3,6-7,11-12,15,18H,4-5,8-10,13H2. The van der Waals surface area contributed by atoms with Crippen molar-refractivity contribution in [2.24, 2.45) is 0 Å². The fourth-order valence-electron chi connectivity index (χ4n) is 3.25. The van der Waals surface area contributed by atoms with Gasteiger partial charge in [0.15, 0.2) is 0 Å². The molecule has 1 aliphatic heterocycles. The lowest BCUT2D eigenvalue weighted by Gasteiger charge is -2.25. The lowest BCUT2D eigenvalue weighted by atomic mass is 10.0. The summed E-state index contributed by atoms with van der Waals surface area (Å²) < 4.78 is 0. The van der Waals surface area contributed by atoms with E-state index < -0.39 is 0 Å². The minimum atomic E-state index is 0.587. The number of aryl methyl sites for hydroxylation is 1. The van der Waals surface area contributed by atoms with E-state index in [1.807, 2.05) is 12.1 Å². The molecule has 2 heterocycles. The van der Waals surface area contributed by atoms with Crippen LogP contribution in [0.15, 0.2) is 48.7 Å². The Bertz CT molecular complexity index is 628. The molecule has 0 saturated carbocycles. The minimum absolute atomic E-state index is 0.587. The van der Waals surface area contributed by atoms with Crippen LogP contribution in [0.1, 0.15) is 36.8 Å². The third-order valence-corrected chi connectivity index (χ3v) is 4.39. The van der Waals surface area contributed by atoms with Crippen LogP contribution in [0.4, 0.5) is 5.82 Å². The highest BCUT2D eigenvalue weighted by atomic mass is 15.2. The maximum absolute atomic E-state index is 8.87. The third kappa shape index (κ3) is 3.46. The minimum Gasteiger partial charge on any atom is -0.354 e. The molecule has 1 unspecified atom stereocenters. The normalized spacial score (nSPS) is 17.4. The van der Waals surface area contributed by atoms with Gasteiger partial charge in [-0.1, -0.05) is 30.3 Å². The summed E-state index contributed by atoms with van der Waals surface area (Å²) >= 11 is 0. The van der Waals surface area contributed by atoms with Gasteiger partial charge in [0.2, 0.25) is 0 Å². The molecule has 1 aliphatic rings. The summed E-state index contributed by atoms with van der Waals surface area (Å²) in [7, 11) is 0. The molecule has 1 fully saturated rings. The van der Waals surface area contributed by atoms with Gasteiger partial charge in [-0.3, -0.25) is 0 Å². The monoisotopic (exact) mass is 291 g/mol. The highest BCUT2D eigenvalue weighted by Crippen LogP contribution is 2.27. The van der Waals surface area contributed by atoms with Crippen molar-refractivity contribution in [2.45, 2.75) is 38.1 Å². The highest BCUT2D eigenvalue weighted by molar-refractivity contribution is 5.43. The first-order valence-electron chi connectivity index (χ1n) is 8.03. The van der Waals surface area contributed by atoms with Crippen molar-refractivity contribution >= 4 is 5.82 Å². The van der Waals surface area contributed by atoms with E-state index in [2.05, 4.69) is 46.3 Å². The van der Waals surface area contributed by atoms with Crippen LogP contribution in [0.5, 0.6) is 0 Å². The Morgan fingerprint density at radius 3 is 2.77 bits per heavy atom. The molecule has 1 saturated heterocycles. The molecular weight excluding hydrogens is 270 g/mol. The maximum Gasteiger partial charge on any atom is 0.128 e. The molecule has 0 radical (unpaired) electrons. The van der Waals surface area contributed by atoms with Crippen LogP contribution in [0.2, 0.25) is 0 Å². The number of benzene rings is 1. The fourth-order valence-corrected chi connectivity index (χ4v) is 3.25. The van der Waals surface area contributed by atoms with Gasteiger partial charge >= 0.3 is 0 Å². The second-order valence-corrected chi connectivity index (χ2v) is 5.88. The number of aromatic nitrogens is 1. The Kier molecular flexibility index (Phi) is 4.70. The molecule has 0 spiro atoms. The molecule has 3 rings (SSSR count). The Labute approximate surface area is 132 Å². The van der Waals surface area contributed by atoms with Crippen LogP contribution < -0.4 is 4.90 Å². The van der Waals surface area contributed by atoms with Crippen molar-refractivity contribution in [3.05, 3.63) is 59.8 Å². The van der Waals surface area contributed by atoms with Crippen LogP contribution in [-0.2, 0) is 6.42 Å². The predicted octanol–water partition coefficient (Wildman–Crippen LogP) is 3.94. The van der Waals surface area contributed by atoms with Gasteiger partial charge in [-0.25, -0.2) is 4.98 Å². The highest BCUT2D eigenvalue weighted by Gasteiger charge is 2.24. The summed E-state index contributed by atoms with van der Waals surface area (Å²) in [5, 5.41) is 8.87. The van der Waals surface area contributed by atoms with E-state index in [9.17, 15) is 0 Å². The van der Waals surface area contributed by atoms with Crippen LogP contribution >= 0.6 is 0 Å². The number of pyridine rings is 1. The zero-order valence-corrected chi connectivity index (χ0v) is 12.8. The van der Waals surface area contributed by atoms with Crippen LogP contribution in [-0.4, -0.2) is 17.6 Å². The van der Waals surface area contributed by atoms with E-state index >= 15 is 0 Å². The van der Waals surface area contributed by atoms with Gasteiger partial charge in [0.1, 0.15) is 11.9 Å². The largest absolute Gasteiger partial charge is 0.354 e. The molecule has 112 valence electrons. The molecule has 1 atom stereocenters. The summed E-state index contributed by atoms with van der Waals surface area (Å²) in [6.45, 7) is 1.08. The Morgan fingerprint density at radius 2 is 2.05 bits per heavy atom. The van der Waals surface area contributed by atoms with Gasteiger partial charge in [-0.05, 0) is 49.8 Å². The smallest absolute Gasteiger partial charge is 0.128 e. The molecule has 22 heavy (non-hydrogen) atoms.